The number of anilines is 2. The minimum absolute atomic E-state index is 0. The molecule has 5 nitrogen and oxygen atoms in total. The molecular formula is C15H19ClFN3O2. The summed E-state index contributed by atoms with van der Waals surface area (Å²) in [5.41, 5.74) is 1.49. The summed E-state index contributed by atoms with van der Waals surface area (Å²) in [6, 6.07) is 2.90. The summed E-state index contributed by atoms with van der Waals surface area (Å²) in [5, 5.41) is 8.51. The first-order valence-electron chi connectivity index (χ1n) is 7.27. The number of hydrogen-bond acceptors (Lipinski definition) is 3. The van der Waals surface area contributed by atoms with Crippen LogP contribution in [0.5, 0.6) is 0 Å². The Morgan fingerprint density at radius 3 is 2.86 bits per heavy atom. The lowest BCUT2D eigenvalue weighted by Gasteiger charge is -2.23. The molecule has 120 valence electrons. The van der Waals surface area contributed by atoms with Crippen molar-refractivity contribution in [2.24, 2.45) is 5.92 Å². The predicted octanol–water partition coefficient (Wildman–Crippen LogP) is 2.07. The second kappa shape index (κ2) is 7.07. The van der Waals surface area contributed by atoms with Crippen LogP contribution in [0, 0.1) is 11.7 Å². The van der Waals surface area contributed by atoms with Gasteiger partial charge >= 0.3 is 0 Å². The average molecular weight is 328 g/mol. The maximum absolute atomic E-state index is 14.1. The number of halogens is 2. The quantitative estimate of drug-likeness (QED) is 0.779. The Kier molecular flexibility index (Phi) is 5.37. The molecule has 7 heteroatoms. The Bertz CT molecular complexity index is 588. The van der Waals surface area contributed by atoms with Crippen molar-refractivity contribution in [2.75, 3.05) is 23.7 Å². The van der Waals surface area contributed by atoms with Gasteiger partial charge in [0, 0.05) is 18.7 Å². The summed E-state index contributed by atoms with van der Waals surface area (Å²) in [6.07, 6.45) is 2.65. The molecule has 0 radical (unpaired) electrons. The lowest BCUT2D eigenvalue weighted by atomic mass is 9.98. The Balaban J connectivity index is 0.00000176. The Morgan fingerprint density at radius 1 is 1.32 bits per heavy atom. The van der Waals surface area contributed by atoms with Crippen LogP contribution >= 0.6 is 12.4 Å². The monoisotopic (exact) mass is 327 g/mol. The zero-order valence-corrected chi connectivity index (χ0v) is 12.9. The molecule has 1 fully saturated rings. The molecule has 0 saturated carbocycles. The third-order valence-electron chi connectivity index (χ3n) is 4.01. The average Bonchev–Trinajstić information content (AvgIpc) is 2.49. The molecule has 1 atom stereocenters. The number of benzene rings is 1. The van der Waals surface area contributed by atoms with Crippen LogP contribution in [0.2, 0.25) is 0 Å². The summed E-state index contributed by atoms with van der Waals surface area (Å²) in [7, 11) is 0. The van der Waals surface area contributed by atoms with E-state index in [0.29, 0.717) is 25.1 Å². The van der Waals surface area contributed by atoms with Gasteiger partial charge in [-0.1, -0.05) is 0 Å². The van der Waals surface area contributed by atoms with Gasteiger partial charge in [0.1, 0.15) is 5.82 Å². The highest BCUT2D eigenvalue weighted by Crippen LogP contribution is 2.29. The first kappa shape index (κ1) is 16.7. The molecule has 3 rings (SSSR count). The maximum Gasteiger partial charge on any atom is 0.228 e. The van der Waals surface area contributed by atoms with E-state index >= 15 is 0 Å². The van der Waals surface area contributed by atoms with Gasteiger partial charge in [-0.25, -0.2) is 4.39 Å². The van der Waals surface area contributed by atoms with Crippen molar-refractivity contribution in [3.05, 3.63) is 23.5 Å². The highest BCUT2D eigenvalue weighted by molar-refractivity contribution is 5.97. The highest BCUT2D eigenvalue weighted by atomic mass is 35.5. The first-order chi connectivity index (χ1) is 10.1. The summed E-state index contributed by atoms with van der Waals surface area (Å²) < 4.78 is 14.1. The molecule has 2 aliphatic rings. The molecular weight excluding hydrogens is 309 g/mol. The highest BCUT2D eigenvalue weighted by Gasteiger charge is 2.23. The number of aryl methyl sites for hydroxylation is 1. The van der Waals surface area contributed by atoms with Crippen molar-refractivity contribution >= 4 is 35.6 Å². The lowest BCUT2D eigenvalue weighted by Crippen LogP contribution is -2.37. The number of rotatable bonds is 2. The smallest absolute Gasteiger partial charge is 0.228 e. The second-order valence-corrected chi connectivity index (χ2v) is 5.57. The van der Waals surface area contributed by atoms with E-state index in [1.165, 1.54) is 12.1 Å². The van der Waals surface area contributed by atoms with E-state index in [0.717, 1.165) is 24.9 Å². The SMILES string of the molecule is Cl.O=C1CCc2cc(F)c(NC(=O)[C@@H]3CCCNC3)cc2N1. The van der Waals surface area contributed by atoms with Crippen molar-refractivity contribution in [3.63, 3.8) is 0 Å². The number of carbonyl (C=O) groups is 2. The van der Waals surface area contributed by atoms with Gasteiger partial charge in [-0.05, 0) is 43.5 Å². The van der Waals surface area contributed by atoms with Crippen LogP contribution < -0.4 is 16.0 Å². The number of fused-ring (bicyclic) bond motifs is 1. The van der Waals surface area contributed by atoms with E-state index in [9.17, 15) is 14.0 Å². The zero-order chi connectivity index (χ0) is 14.8. The minimum atomic E-state index is -0.456. The Labute approximate surface area is 134 Å². The van der Waals surface area contributed by atoms with Crippen molar-refractivity contribution in [1.82, 2.24) is 5.32 Å². The zero-order valence-electron chi connectivity index (χ0n) is 12.1. The van der Waals surface area contributed by atoms with Crippen LogP contribution in [0.4, 0.5) is 15.8 Å². The largest absolute Gasteiger partial charge is 0.326 e. The Hall–Kier alpha value is -1.66. The number of nitrogens with one attached hydrogen (secondary N) is 3. The summed E-state index contributed by atoms with van der Waals surface area (Å²) in [5.74, 6) is -0.850. The molecule has 2 heterocycles. The van der Waals surface area contributed by atoms with E-state index in [1.807, 2.05) is 0 Å². The van der Waals surface area contributed by atoms with Crippen LogP contribution in [0.15, 0.2) is 12.1 Å². The molecule has 22 heavy (non-hydrogen) atoms. The van der Waals surface area contributed by atoms with E-state index in [1.54, 1.807) is 0 Å². The fourth-order valence-electron chi connectivity index (χ4n) is 2.80. The fraction of sp³-hybridized carbons (Fsp3) is 0.467. The van der Waals surface area contributed by atoms with Crippen LogP contribution in [-0.4, -0.2) is 24.9 Å². The van der Waals surface area contributed by atoms with Gasteiger partial charge in [0.2, 0.25) is 11.8 Å². The molecule has 1 aromatic rings. The number of amides is 2. The van der Waals surface area contributed by atoms with Gasteiger partial charge in [-0.2, -0.15) is 0 Å². The Morgan fingerprint density at radius 2 is 2.14 bits per heavy atom. The third kappa shape index (κ3) is 3.56. The lowest BCUT2D eigenvalue weighted by molar-refractivity contribution is -0.120. The van der Waals surface area contributed by atoms with Crippen LogP contribution in [0.25, 0.3) is 0 Å². The van der Waals surface area contributed by atoms with Gasteiger partial charge in [-0.3, -0.25) is 9.59 Å². The summed E-state index contributed by atoms with van der Waals surface area (Å²) >= 11 is 0. The number of hydrogen-bond donors (Lipinski definition) is 3. The molecule has 0 spiro atoms. The van der Waals surface area contributed by atoms with Gasteiger partial charge in [0.05, 0.1) is 11.6 Å². The molecule has 1 aromatic carbocycles. The summed E-state index contributed by atoms with van der Waals surface area (Å²) in [4.78, 5) is 23.5. The standard InChI is InChI=1S/C15H18FN3O2.ClH/c16-11-6-9-3-4-14(20)18-12(9)7-13(11)19-15(21)10-2-1-5-17-8-10;/h6-7,10,17H,1-5,8H2,(H,18,20)(H,19,21);1H/t10-;/m1./s1. The van der Waals surface area contributed by atoms with E-state index in [4.69, 9.17) is 0 Å². The molecule has 0 aromatic heterocycles. The first-order valence-corrected chi connectivity index (χ1v) is 7.27. The molecule has 3 N–H and O–H groups in total. The van der Waals surface area contributed by atoms with Gasteiger partial charge < -0.3 is 16.0 Å². The molecule has 2 aliphatic heterocycles. The van der Waals surface area contributed by atoms with Crippen molar-refractivity contribution < 1.29 is 14.0 Å². The molecule has 0 unspecified atom stereocenters. The maximum atomic E-state index is 14.1. The van der Waals surface area contributed by atoms with E-state index in [2.05, 4.69) is 16.0 Å². The molecule has 1 saturated heterocycles. The van der Waals surface area contributed by atoms with Gasteiger partial charge in [-0.15, -0.1) is 12.4 Å². The predicted molar refractivity (Wildman–Crippen MR) is 84.8 cm³/mol. The van der Waals surface area contributed by atoms with Gasteiger partial charge in [0.25, 0.3) is 0 Å². The molecule has 0 bridgehead atoms. The van der Waals surface area contributed by atoms with Gasteiger partial charge in [0.15, 0.2) is 0 Å². The normalized spacial score (nSPS) is 20.4. The van der Waals surface area contributed by atoms with Crippen molar-refractivity contribution in [1.29, 1.82) is 0 Å². The fourth-order valence-corrected chi connectivity index (χ4v) is 2.80. The van der Waals surface area contributed by atoms with Crippen molar-refractivity contribution in [3.8, 4) is 0 Å². The number of carbonyl (C=O) groups excluding carboxylic acids is 2. The van der Waals surface area contributed by atoms with E-state index in [-0.39, 0.29) is 35.8 Å². The number of piperidine rings is 1. The third-order valence-corrected chi connectivity index (χ3v) is 4.01. The second-order valence-electron chi connectivity index (χ2n) is 5.57. The van der Waals surface area contributed by atoms with Crippen LogP contribution in [0.3, 0.4) is 0 Å². The molecule has 0 aliphatic carbocycles. The molecule has 2 amide bonds. The summed E-state index contributed by atoms with van der Waals surface area (Å²) in [6.45, 7) is 1.54. The topological polar surface area (TPSA) is 70.2 Å². The van der Waals surface area contributed by atoms with Crippen molar-refractivity contribution in [2.45, 2.75) is 25.7 Å². The van der Waals surface area contributed by atoms with E-state index < -0.39 is 5.82 Å². The van der Waals surface area contributed by atoms with Crippen LogP contribution in [0.1, 0.15) is 24.8 Å². The van der Waals surface area contributed by atoms with Crippen LogP contribution in [-0.2, 0) is 16.0 Å². The minimum Gasteiger partial charge on any atom is -0.326 e.